The molecule has 4 heteroatoms. The predicted molar refractivity (Wildman–Crippen MR) is 60.7 cm³/mol. The van der Waals surface area contributed by atoms with Gasteiger partial charge in [0.15, 0.2) is 0 Å². The number of rotatable bonds is 4. The van der Waals surface area contributed by atoms with Gasteiger partial charge >= 0.3 is 0 Å². The number of hydrogen-bond donors (Lipinski definition) is 2. The Bertz CT molecular complexity index is 380. The Balaban J connectivity index is 1.78. The van der Waals surface area contributed by atoms with Gasteiger partial charge in [-0.05, 0) is 24.3 Å². The van der Waals surface area contributed by atoms with Gasteiger partial charge in [-0.15, -0.1) is 11.3 Å². The lowest BCUT2D eigenvalue weighted by Crippen LogP contribution is -2.11. The van der Waals surface area contributed by atoms with Crippen molar-refractivity contribution >= 4 is 22.9 Å². The highest BCUT2D eigenvalue weighted by atomic mass is 35.5. The minimum Gasteiger partial charge on any atom is -0.364 e. The van der Waals surface area contributed by atoms with Gasteiger partial charge in [0.2, 0.25) is 0 Å². The second-order valence-corrected chi connectivity index (χ2v) is 4.80. The lowest BCUT2D eigenvalue weighted by molar-refractivity contribution is 0.689. The van der Waals surface area contributed by atoms with Crippen LogP contribution in [0.4, 0.5) is 0 Å². The van der Waals surface area contributed by atoms with Crippen molar-refractivity contribution in [3.63, 3.8) is 0 Å². The molecular weight excluding hydrogens is 216 g/mol. The molecule has 2 heterocycles. The standard InChI is InChI=1S/C10H11ClN2S/c11-10-4-3-9(14-10)7-12-6-8-2-1-5-13-8/h1-5,12-13H,6-7H2. The molecule has 0 amide bonds. The smallest absolute Gasteiger partial charge is 0.0931 e. The fraction of sp³-hybridized carbons (Fsp3) is 0.200. The van der Waals surface area contributed by atoms with E-state index in [1.165, 1.54) is 10.6 Å². The van der Waals surface area contributed by atoms with Crippen molar-refractivity contribution in [2.45, 2.75) is 13.1 Å². The van der Waals surface area contributed by atoms with Crippen LogP contribution in [0, 0.1) is 0 Å². The molecule has 0 spiro atoms. The average molecular weight is 227 g/mol. The molecule has 0 saturated carbocycles. The van der Waals surface area contributed by atoms with Crippen LogP contribution in [0.15, 0.2) is 30.5 Å². The third-order valence-electron chi connectivity index (χ3n) is 1.91. The molecule has 0 fully saturated rings. The van der Waals surface area contributed by atoms with Gasteiger partial charge in [-0.2, -0.15) is 0 Å². The summed E-state index contributed by atoms with van der Waals surface area (Å²) in [6, 6.07) is 8.04. The molecule has 0 aliphatic carbocycles. The maximum atomic E-state index is 5.82. The molecule has 0 unspecified atom stereocenters. The zero-order valence-corrected chi connectivity index (χ0v) is 9.16. The Morgan fingerprint density at radius 1 is 1.29 bits per heavy atom. The van der Waals surface area contributed by atoms with Crippen molar-refractivity contribution in [1.29, 1.82) is 0 Å². The first-order valence-electron chi connectivity index (χ1n) is 4.42. The van der Waals surface area contributed by atoms with Gasteiger partial charge in [0.25, 0.3) is 0 Å². The van der Waals surface area contributed by atoms with Crippen molar-refractivity contribution in [2.75, 3.05) is 0 Å². The predicted octanol–water partition coefficient (Wildman–Crippen LogP) is 3.02. The van der Waals surface area contributed by atoms with E-state index in [0.717, 1.165) is 17.4 Å². The van der Waals surface area contributed by atoms with Crippen LogP contribution in [0.25, 0.3) is 0 Å². The van der Waals surface area contributed by atoms with E-state index in [2.05, 4.69) is 22.4 Å². The summed E-state index contributed by atoms with van der Waals surface area (Å²) in [5.41, 5.74) is 1.20. The maximum Gasteiger partial charge on any atom is 0.0931 e. The van der Waals surface area contributed by atoms with Crippen molar-refractivity contribution < 1.29 is 0 Å². The van der Waals surface area contributed by atoms with E-state index in [0.29, 0.717) is 0 Å². The van der Waals surface area contributed by atoms with Crippen molar-refractivity contribution in [3.8, 4) is 0 Å². The van der Waals surface area contributed by atoms with Crippen LogP contribution in [0.5, 0.6) is 0 Å². The van der Waals surface area contributed by atoms with E-state index < -0.39 is 0 Å². The minimum absolute atomic E-state index is 0.849. The molecule has 2 nitrogen and oxygen atoms in total. The molecule has 0 radical (unpaired) electrons. The zero-order valence-electron chi connectivity index (χ0n) is 7.59. The molecule has 2 rings (SSSR count). The second kappa shape index (κ2) is 4.64. The molecule has 2 aromatic heterocycles. The van der Waals surface area contributed by atoms with Gasteiger partial charge in [-0.1, -0.05) is 11.6 Å². The molecule has 0 atom stereocenters. The molecule has 0 aromatic carbocycles. The van der Waals surface area contributed by atoms with Crippen LogP contribution in [0.1, 0.15) is 10.6 Å². The highest BCUT2D eigenvalue weighted by Gasteiger charge is 1.97. The molecule has 2 N–H and O–H groups in total. The number of thiophene rings is 1. The highest BCUT2D eigenvalue weighted by molar-refractivity contribution is 7.16. The van der Waals surface area contributed by atoms with E-state index in [4.69, 9.17) is 11.6 Å². The number of nitrogens with one attached hydrogen (secondary N) is 2. The van der Waals surface area contributed by atoms with Gasteiger partial charge in [-0.25, -0.2) is 0 Å². The largest absolute Gasteiger partial charge is 0.364 e. The first-order valence-corrected chi connectivity index (χ1v) is 5.61. The second-order valence-electron chi connectivity index (χ2n) is 3.00. The van der Waals surface area contributed by atoms with Crippen LogP contribution in [0.3, 0.4) is 0 Å². The normalized spacial score (nSPS) is 10.6. The van der Waals surface area contributed by atoms with Crippen LogP contribution >= 0.6 is 22.9 Å². The van der Waals surface area contributed by atoms with Gasteiger partial charge in [-0.3, -0.25) is 0 Å². The molecule has 0 saturated heterocycles. The first kappa shape index (κ1) is 9.77. The molecule has 0 bridgehead atoms. The summed E-state index contributed by atoms with van der Waals surface area (Å²) in [6.07, 6.45) is 1.93. The Labute approximate surface area is 91.9 Å². The van der Waals surface area contributed by atoms with Crippen LogP contribution in [-0.4, -0.2) is 4.98 Å². The topological polar surface area (TPSA) is 27.8 Å². The zero-order chi connectivity index (χ0) is 9.80. The number of halogens is 1. The number of hydrogen-bond acceptors (Lipinski definition) is 2. The number of aromatic amines is 1. The molecule has 0 aliphatic heterocycles. The highest BCUT2D eigenvalue weighted by Crippen LogP contribution is 2.20. The van der Waals surface area contributed by atoms with Crippen LogP contribution < -0.4 is 5.32 Å². The summed E-state index contributed by atoms with van der Waals surface area (Å²) in [5, 5.41) is 3.34. The summed E-state index contributed by atoms with van der Waals surface area (Å²) in [7, 11) is 0. The molecule has 0 aliphatic rings. The molecule has 2 aromatic rings. The van der Waals surface area contributed by atoms with E-state index in [1.807, 2.05) is 18.3 Å². The van der Waals surface area contributed by atoms with E-state index in [1.54, 1.807) is 11.3 Å². The van der Waals surface area contributed by atoms with Gasteiger partial charge in [0, 0.05) is 29.9 Å². The van der Waals surface area contributed by atoms with Crippen LogP contribution in [0.2, 0.25) is 4.34 Å². The molecule has 14 heavy (non-hydrogen) atoms. The Kier molecular flexibility index (Phi) is 3.24. The van der Waals surface area contributed by atoms with Crippen LogP contribution in [-0.2, 0) is 13.1 Å². The molecule has 74 valence electrons. The minimum atomic E-state index is 0.849. The maximum absolute atomic E-state index is 5.82. The van der Waals surface area contributed by atoms with E-state index >= 15 is 0 Å². The van der Waals surface area contributed by atoms with Crippen molar-refractivity contribution in [3.05, 3.63) is 45.4 Å². The van der Waals surface area contributed by atoms with Crippen molar-refractivity contribution in [1.82, 2.24) is 10.3 Å². The SMILES string of the molecule is Clc1ccc(CNCc2ccc[nH]2)s1. The average Bonchev–Trinajstić information content (AvgIpc) is 2.77. The van der Waals surface area contributed by atoms with Gasteiger partial charge in [0.05, 0.1) is 4.34 Å². The Morgan fingerprint density at radius 2 is 2.21 bits per heavy atom. The van der Waals surface area contributed by atoms with E-state index in [9.17, 15) is 0 Å². The van der Waals surface area contributed by atoms with Gasteiger partial charge in [0.1, 0.15) is 0 Å². The number of H-pyrrole nitrogens is 1. The summed E-state index contributed by atoms with van der Waals surface area (Å²) >= 11 is 7.44. The quantitative estimate of drug-likeness (QED) is 0.824. The fourth-order valence-corrected chi connectivity index (χ4v) is 2.30. The third-order valence-corrected chi connectivity index (χ3v) is 3.14. The monoisotopic (exact) mass is 226 g/mol. The summed E-state index contributed by atoms with van der Waals surface area (Å²) < 4.78 is 0.849. The lowest BCUT2D eigenvalue weighted by atomic mass is 10.4. The van der Waals surface area contributed by atoms with Gasteiger partial charge < -0.3 is 10.3 Å². The summed E-state index contributed by atoms with van der Waals surface area (Å²) in [4.78, 5) is 4.41. The third kappa shape index (κ3) is 2.61. The summed E-state index contributed by atoms with van der Waals surface area (Å²) in [5.74, 6) is 0. The summed E-state index contributed by atoms with van der Waals surface area (Å²) in [6.45, 7) is 1.74. The van der Waals surface area contributed by atoms with Crippen molar-refractivity contribution in [2.24, 2.45) is 0 Å². The Morgan fingerprint density at radius 3 is 2.86 bits per heavy atom. The fourth-order valence-electron chi connectivity index (χ4n) is 1.24. The van der Waals surface area contributed by atoms with E-state index in [-0.39, 0.29) is 0 Å². The Hall–Kier alpha value is -0.770. The number of aromatic nitrogens is 1. The first-order chi connectivity index (χ1) is 6.84. The lowest BCUT2D eigenvalue weighted by Gasteiger charge is -2.00. The molecular formula is C10H11ClN2S.